The van der Waals surface area contributed by atoms with Crippen molar-refractivity contribution < 1.29 is 4.74 Å². The highest BCUT2D eigenvalue weighted by Crippen LogP contribution is 2.34. The van der Waals surface area contributed by atoms with Crippen LogP contribution in [0.25, 0.3) is 0 Å². The van der Waals surface area contributed by atoms with E-state index in [2.05, 4.69) is 34.1 Å². The second-order valence-corrected chi connectivity index (χ2v) is 5.78. The molecule has 0 unspecified atom stereocenters. The van der Waals surface area contributed by atoms with Gasteiger partial charge in [0, 0.05) is 9.37 Å². The lowest BCUT2D eigenvalue weighted by molar-refractivity contribution is 0.0455. The zero-order valence-corrected chi connectivity index (χ0v) is 10.8. The van der Waals surface area contributed by atoms with E-state index in [0.29, 0.717) is 11.8 Å². The third kappa shape index (κ3) is 2.97. The highest BCUT2D eigenvalue weighted by atomic mass is 79.9. The van der Waals surface area contributed by atoms with Crippen LogP contribution in [0.5, 0.6) is 0 Å². The summed E-state index contributed by atoms with van der Waals surface area (Å²) in [6.45, 7) is 2.46. The number of thioether (sulfide) groups is 1. The number of ether oxygens (including phenoxy) is 1. The molecular formula is C11H14BrNOS. The molecule has 1 saturated heterocycles. The number of hydrogen-bond acceptors (Lipinski definition) is 3. The largest absolute Gasteiger partial charge is 0.379 e. The maximum Gasteiger partial charge on any atom is 0.0611 e. The Labute approximate surface area is 103 Å². The van der Waals surface area contributed by atoms with Crippen LogP contribution in [0, 0.1) is 0 Å². The third-order valence-electron chi connectivity index (χ3n) is 2.33. The van der Waals surface area contributed by atoms with Gasteiger partial charge in [0.1, 0.15) is 0 Å². The van der Waals surface area contributed by atoms with Gasteiger partial charge in [-0.05, 0) is 46.6 Å². The molecule has 1 aliphatic heterocycles. The van der Waals surface area contributed by atoms with E-state index < -0.39 is 0 Å². The Bertz CT molecular complexity index is 341. The van der Waals surface area contributed by atoms with Gasteiger partial charge in [-0.15, -0.1) is 11.8 Å². The number of hydrogen-bond donors (Lipinski definition) is 1. The second kappa shape index (κ2) is 5.34. The van der Waals surface area contributed by atoms with Crippen molar-refractivity contribution in [1.29, 1.82) is 0 Å². The maximum absolute atomic E-state index is 5.52. The van der Waals surface area contributed by atoms with Gasteiger partial charge in [-0.25, -0.2) is 0 Å². The van der Waals surface area contributed by atoms with Gasteiger partial charge in [-0.2, -0.15) is 0 Å². The fraction of sp³-hybridized carbons (Fsp3) is 0.455. The summed E-state index contributed by atoms with van der Waals surface area (Å²) in [6.07, 6.45) is 0.941. The topological polar surface area (TPSA) is 35.2 Å². The van der Waals surface area contributed by atoms with E-state index in [9.17, 15) is 0 Å². The number of rotatable bonds is 4. The summed E-state index contributed by atoms with van der Waals surface area (Å²) in [5.41, 5.74) is 6.81. The number of benzene rings is 1. The Balaban J connectivity index is 2.04. The summed E-state index contributed by atoms with van der Waals surface area (Å²) >= 11 is 5.48. The Hall–Kier alpha value is -0.0300. The minimum atomic E-state index is 0.627. The van der Waals surface area contributed by atoms with Crippen LogP contribution in [0.3, 0.4) is 0 Å². The van der Waals surface area contributed by atoms with Gasteiger partial charge in [0.25, 0.3) is 0 Å². The molecule has 2 rings (SSSR count). The summed E-state index contributed by atoms with van der Waals surface area (Å²) in [7, 11) is 0. The molecule has 0 amide bonds. The van der Waals surface area contributed by atoms with E-state index in [4.69, 9.17) is 10.5 Å². The molecule has 2 nitrogen and oxygen atoms in total. The summed E-state index contributed by atoms with van der Waals surface area (Å²) in [5, 5.41) is 0.627. The van der Waals surface area contributed by atoms with Crippen LogP contribution in [-0.2, 0) is 11.2 Å². The average molecular weight is 288 g/mol. The highest BCUT2D eigenvalue weighted by Gasteiger charge is 2.20. The van der Waals surface area contributed by atoms with Crippen LogP contribution < -0.4 is 5.73 Å². The lowest BCUT2D eigenvalue weighted by atomic mass is 10.2. The quantitative estimate of drug-likeness (QED) is 0.924. The molecule has 0 atom stereocenters. The molecular weight excluding hydrogens is 274 g/mol. The molecule has 0 aromatic heterocycles. The minimum Gasteiger partial charge on any atom is -0.379 e. The van der Waals surface area contributed by atoms with Crippen LogP contribution in [0.1, 0.15) is 5.56 Å². The van der Waals surface area contributed by atoms with Gasteiger partial charge in [0.15, 0.2) is 0 Å². The molecule has 82 valence electrons. The molecule has 1 heterocycles. The predicted molar refractivity (Wildman–Crippen MR) is 67.4 cm³/mol. The third-order valence-corrected chi connectivity index (χ3v) is 4.46. The number of halogens is 1. The minimum absolute atomic E-state index is 0.627. The lowest BCUT2D eigenvalue weighted by Gasteiger charge is -2.25. The summed E-state index contributed by atoms with van der Waals surface area (Å²) in [5.74, 6) is 0. The zero-order chi connectivity index (χ0) is 10.7. The standard InChI is InChI=1S/C11H14BrNOS/c12-10-5-8(3-4-13)1-2-11(10)15-9-6-14-7-9/h1-2,5,9H,3-4,6-7,13H2. The van der Waals surface area contributed by atoms with Crippen LogP contribution in [0.15, 0.2) is 27.6 Å². The summed E-state index contributed by atoms with van der Waals surface area (Å²) < 4.78 is 6.33. The van der Waals surface area contributed by atoms with E-state index in [1.807, 2.05) is 11.8 Å². The van der Waals surface area contributed by atoms with Crippen molar-refractivity contribution in [2.45, 2.75) is 16.6 Å². The van der Waals surface area contributed by atoms with Crippen LogP contribution >= 0.6 is 27.7 Å². The van der Waals surface area contributed by atoms with Crippen LogP contribution in [0.2, 0.25) is 0 Å². The molecule has 1 aliphatic rings. The highest BCUT2D eigenvalue weighted by molar-refractivity contribution is 9.10. The second-order valence-electron chi connectivity index (χ2n) is 3.58. The molecule has 1 aromatic carbocycles. The summed E-state index contributed by atoms with van der Waals surface area (Å²) in [4.78, 5) is 1.30. The molecule has 0 radical (unpaired) electrons. The van der Waals surface area contributed by atoms with E-state index in [0.717, 1.165) is 19.6 Å². The first-order valence-corrected chi connectivity index (χ1v) is 6.70. The van der Waals surface area contributed by atoms with Gasteiger partial charge in [0.05, 0.1) is 18.5 Å². The Kier molecular flexibility index (Phi) is 4.08. The monoisotopic (exact) mass is 287 g/mol. The first kappa shape index (κ1) is 11.5. The molecule has 0 saturated carbocycles. The van der Waals surface area contributed by atoms with Gasteiger partial charge in [-0.1, -0.05) is 6.07 Å². The van der Waals surface area contributed by atoms with E-state index in [-0.39, 0.29) is 0 Å². The summed E-state index contributed by atoms with van der Waals surface area (Å²) in [6, 6.07) is 6.48. The fourth-order valence-corrected chi connectivity index (χ4v) is 3.14. The van der Waals surface area contributed by atoms with Gasteiger partial charge >= 0.3 is 0 Å². The molecule has 4 heteroatoms. The first-order valence-electron chi connectivity index (χ1n) is 5.02. The molecule has 1 fully saturated rings. The molecule has 0 bridgehead atoms. The SMILES string of the molecule is NCCc1ccc(SC2COC2)c(Br)c1. The molecule has 0 aliphatic carbocycles. The van der Waals surface area contributed by atoms with Gasteiger partial charge in [0.2, 0.25) is 0 Å². The smallest absolute Gasteiger partial charge is 0.0611 e. The predicted octanol–water partition coefficient (Wildman–Crippen LogP) is 2.44. The van der Waals surface area contributed by atoms with Gasteiger partial charge < -0.3 is 10.5 Å². The molecule has 0 spiro atoms. The van der Waals surface area contributed by atoms with Crippen LogP contribution in [0.4, 0.5) is 0 Å². The Morgan fingerprint density at radius 3 is 2.80 bits per heavy atom. The van der Waals surface area contributed by atoms with E-state index in [1.54, 1.807) is 0 Å². The van der Waals surface area contributed by atoms with Crippen molar-refractivity contribution >= 4 is 27.7 Å². The Morgan fingerprint density at radius 2 is 2.27 bits per heavy atom. The van der Waals surface area contributed by atoms with Crippen molar-refractivity contribution in [3.8, 4) is 0 Å². The van der Waals surface area contributed by atoms with Crippen molar-refractivity contribution in [3.63, 3.8) is 0 Å². The first-order chi connectivity index (χ1) is 7.29. The van der Waals surface area contributed by atoms with Crippen LogP contribution in [-0.4, -0.2) is 25.0 Å². The number of nitrogens with two attached hydrogens (primary N) is 1. The maximum atomic E-state index is 5.52. The molecule has 15 heavy (non-hydrogen) atoms. The lowest BCUT2D eigenvalue weighted by Crippen LogP contribution is -2.30. The van der Waals surface area contributed by atoms with Crippen molar-refractivity contribution in [2.24, 2.45) is 5.73 Å². The van der Waals surface area contributed by atoms with Crippen molar-refractivity contribution in [1.82, 2.24) is 0 Å². The van der Waals surface area contributed by atoms with Gasteiger partial charge in [-0.3, -0.25) is 0 Å². The fourth-order valence-electron chi connectivity index (χ4n) is 1.42. The van der Waals surface area contributed by atoms with E-state index >= 15 is 0 Å². The Morgan fingerprint density at radius 1 is 1.47 bits per heavy atom. The molecule has 2 N–H and O–H groups in total. The average Bonchev–Trinajstić information content (AvgIpc) is 2.14. The molecule has 1 aromatic rings. The van der Waals surface area contributed by atoms with Crippen molar-refractivity contribution in [3.05, 3.63) is 28.2 Å². The van der Waals surface area contributed by atoms with Crippen molar-refractivity contribution in [2.75, 3.05) is 19.8 Å². The zero-order valence-electron chi connectivity index (χ0n) is 8.41. The normalized spacial score (nSPS) is 16.4. The van der Waals surface area contributed by atoms with E-state index in [1.165, 1.54) is 14.9 Å².